The number of fused-ring (bicyclic) bond motifs is 1. The maximum atomic E-state index is 11.0. The monoisotopic (exact) mass is 286 g/mol. The number of rotatable bonds is 3. The van der Waals surface area contributed by atoms with E-state index in [2.05, 4.69) is 20.9 Å². The Morgan fingerprint density at radius 1 is 1.19 bits per heavy atom. The van der Waals surface area contributed by atoms with Gasteiger partial charge in [0.05, 0.1) is 30.5 Å². The van der Waals surface area contributed by atoms with Crippen LogP contribution in [0.4, 0.5) is 5.69 Å². The minimum absolute atomic E-state index is 0.609. The van der Waals surface area contributed by atoms with Crippen molar-refractivity contribution < 1.29 is 9.53 Å². The Hall–Kier alpha value is -1.92. The fourth-order valence-electron chi connectivity index (χ4n) is 3.14. The van der Waals surface area contributed by atoms with Crippen LogP contribution in [0.2, 0.25) is 0 Å². The van der Waals surface area contributed by atoms with Crippen LogP contribution in [0, 0.1) is 0 Å². The van der Waals surface area contributed by atoms with Crippen molar-refractivity contribution in [3.8, 4) is 0 Å². The second-order valence-corrected chi connectivity index (χ2v) is 5.62. The van der Waals surface area contributed by atoms with Crippen molar-refractivity contribution >= 4 is 23.1 Å². The van der Waals surface area contributed by atoms with Gasteiger partial charge in [0, 0.05) is 26.2 Å². The molecular formula is C15H18N4O2. The lowest BCUT2D eigenvalue weighted by molar-refractivity contribution is -0.0660. The highest BCUT2D eigenvalue weighted by atomic mass is 16.5. The summed E-state index contributed by atoms with van der Waals surface area (Å²) in [5.41, 5.74) is 2.90. The van der Waals surface area contributed by atoms with Gasteiger partial charge < -0.3 is 9.64 Å². The molecule has 0 atom stereocenters. The summed E-state index contributed by atoms with van der Waals surface area (Å²) in [6, 6.07) is 6.62. The number of nitrogens with zero attached hydrogens (tertiary/aromatic N) is 4. The van der Waals surface area contributed by atoms with E-state index in [0.717, 1.165) is 62.5 Å². The largest absolute Gasteiger partial charge is 0.378 e. The maximum Gasteiger partial charge on any atom is 0.219 e. The molecule has 0 aliphatic carbocycles. The van der Waals surface area contributed by atoms with Crippen molar-refractivity contribution in [3.05, 3.63) is 24.5 Å². The molecule has 0 unspecified atom stereocenters. The highest BCUT2D eigenvalue weighted by Gasteiger charge is 2.29. The number of imidazole rings is 1. The summed E-state index contributed by atoms with van der Waals surface area (Å²) in [7, 11) is 0. The van der Waals surface area contributed by atoms with Gasteiger partial charge >= 0.3 is 0 Å². The Morgan fingerprint density at radius 2 is 2.00 bits per heavy atom. The number of hydrogen-bond acceptors (Lipinski definition) is 5. The van der Waals surface area contributed by atoms with Crippen molar-refractivity contribution in [1.29, 1.82) is 0 Å². The first kappa shape index (κ1) is 12.8. The second-order valence-electron chi connectivity index (χ2n) is 5.62. The summed E-state index contributed by atoms with van der Waals surface area (Å²) in [5.74, 6) is 0. The molecule has 0 spiro atoms. The highest BCUT2D eigenvalue weighted by Crippen LogP contribution is 2.26. The third-order valence-electron chi connectivity index (χ3n) is 4.49. The molecule has 0 saturated carbocycles. The van der Waals surface area contributed by atoms with Gasteiger partial charge in [-0.05, 0) is 12.1 Å². The van der Waals surface area contributed by atoms with Gasteiger partial charge in [-0.15, -0.1) is 0 Å². The second kappa shape index (κ2) is 5.13. The Bertz CT molecular complexity index is 657. The van der Waals surface area contributed by atoms with Gasteiger partial charge in [0.25, 0.3) is 0 Å². The molecule has 2 aromatic rings. The smallest absolute Gasteiger partial charge is 0.219 e. The van der Waals surface area contributed by atoms with Gasteiger partial charge in [-0.3, -0.25) is 14.3 Å². The van der Waals surface area contributed by atoms with Crippen LogP contribution in [0.3, 0.4) is 0 Å². The first-order valence-electron chi connectivity index (χ1n) is 7.34. The molecule has 2 aliphatic rings. The Morgan fingerprint density at radius 3 is 2.67 bits per heavy atom. The summed E-state index contributed by atoms with van der Waals surface area (Å²) >= 11 is 0. The average molecular weight is 286 g/mol. The SMILES string of the molecule is O=Cn1cnc2c(N3CCN(C4COC4)CC3)cccc21. The zero-order valence-electron chi connectivity index (χ0n) is 11.8. The molecule has 4 rings (SSSR count). The number of ether oxygens (including phenoxy) is 1. The Labute approximate surface area is 122 Å². The van der Waals surface area contributed by atoms with Crippen molar-refractivity contribution in [1.82, 2.24) is 14.5 Å². The van der Waals surface area contributed by atoms with Crippen LogP contribution in [0.25, 0.3) is 11.0 Å². The molecule has 6 nitrogen and oxygen atoms in total. The van der Waals surface area contributed by atoms with E-state index in [-0.39, 0.29) is 0 Å². The quantitative estimate of drug-likeness (QED) is 0.773. The van der Waals surface area contributed by atoms with E-state index in [9.17, 15) is 4.79 Å². The van der Waals surface area contributed by atoms with E-state index in [4.69, 9.17) is 4.74 Å². The average Bonchev–Trinajstić information content (AvgIpc) is 2.89. The molecule has 0 bridgehead atoms. The molecule has 6 heteroatoms. The fourth-order valence-corrected chi connectivity index (χ4v) is 3.14. The minimum Gasteiger partial charge on any atom is -0.378 e. The molecule has 1 aromatic carbocycles. The number of hydrogen-bond donors (Lipinski definition) is 0. The number of carbonyl (C=O) groups excluding carboxylic acids is 1. The molecule has 0 N–H and O–H groups in total. The molecule has 21 heavy (non-hydrogen) atoms. The molecule has 110 valence electrons. The number of carbonyl (C=O) groups is 1. The van der Waals surface area contributed by atoms with Gasteiger partial charge in [0.2, 0.25) is 6.41 Å². The van der Waals surface area contributed by atoms with Crippen molar-refractivity contribution in [2.45, 2.75) is 6.04 Å². The van der Waals surface area contributed by atoms with E-state index < -0.39 is 0 Å². The van der Waals surface area contributed by atoms with Gasteiger partial charge in [0.1, 0.15) is 11.8 Å². The number of anilines is 1. The van der Waals surface area contributed by atoms with E-state index in [1.54, 1.807) is 6.33 Å². The molecular weight excluding hydrogens is 268 g/mol. The third-order valence-corrected chi connectivity index (χ3v) is 4.49. The zero-order chi connectivity index (χ0) is 14.2. The summed E-state index contributed by atoms with van der Waals surface area (Å²) < 4.78 is 6.80. The van der Waals surface area contributed by atoms with Crippen LogP contribution in [0.1, 0.15) is 0 Å². The summed E-state index contributed by atoms with van der Waals surface area (Å²) in [6.07, 6.45) is 2.39. The fraction of sp³-hybridized carbons (Fsp3) is 0.467. The molecule has 0 radical (unpaired) electrons. The van der Waals surface area contributed by atoms with Crippen molar-refractivity contribution in [2.24, 2.45) is 0 Å². The van der Waals surface area contributed by atoms with Crippen LogP contribution in [0.15, 0.2) is 24.5 Å². The lowest BCUT2D eigenvalue weighted by atomic mass is 10.1. The topological polar surface area (TPSA) is 50.6 Å². The van der Waals surface area contributed by atoms with Crippen LogP contribution in [-0.4, -0.2) is 66.3 Å². The molecule has 1 aromatic heterocycles. The van der Waals surface area contributed by atoms with E-state index in [0.29, 0.717) is 6.04 Å². The Balaban J connectivity index is 1.56. The number of aromatic nitrogens is 2. The van der Waals surface area contributed by atoms with Crippen LogP contribution >= 0.6 is 0 Å². The molecule has 0 amide bonds. The summed E-state index contributed by atoms with van der Waals surface area (Å²) in [6.45, 7) is 5.84. The number of benzene rings is 1. The van der Waals surface area contributed by atoms with Crippen LogP contribution in [-0.2, 0) is 9.53 Å². The van der Waals surface area contributed by atoms with E-state index in [1.807, 2.05) is 12.1 Å². The predicted molar refractivity (Wildman–Crippen MR) is 80.3 cm³/mol. The van der Waals surface area contributed by atoms with E-state index in [1.165, 1.54) is 4.57 Å². The van der Waals surface area contributed by atoms with Crippen LogP contribution in [0.5, 0.6) is 0 Å². The number of piperazine rings is 1. The molecule has 2 aliphatic heterocycles. The summed E-state index contributed by atoms with van der Waals surface area (Å²) in [5, 5.41) is 0. The predicted octanol–water partition coefficient (Wildman–Crippen LogP) is 0.595. The van der Waals surface area contributed by atoms with Gasteiger partial charge in [0.15, 0.2) is 0 Å². The summed E-state index contributed by atoms with van der Waals surface area (Å²) in [4.78, 5) is 20.3. The van der Waals surface area contributed by atoms with Crippen molar-refractivity contribution in [3.63, 3.8) is 0 Å². The third kappa shape index (κ3) is 2.11. The lowest BCUT2D eigenvalue weighted by Crippen LogP contribution is -2.56. The zero-order valence-corrected chi connectivity index (χ0v) is 11.8. The molecule has 2 fully saturated rings. The molecule has 2 saturated heterocycles. The lowest BCUT2D eigenvalue weighted by Gasteiger charge is -2.43. The molecule has 3 heterocycles. The standard InChI is InChI=1S/C15H18N4O2/c20-11-19-10-16-15-13(2-1-3-14(15)19)18-6-4-17(5-7-18)12-8-21-9-12/h1-3,10-12H,4-9H2. The van der Waals surface area contributed by atoms with Gasteiger partial charge in [-0.2, -0.15) is 0 Å². The van der Waals surface area contributed by atoms with Gasteiger partial charge in [-0.1, -0.05) is 6.07 Å². The van der Waals surface area contributed by atoms with E-state index >= 15 is 0 Å². The van der Waals surface area contributed by atoms with Gasteiger partial charge in [-0.25, -0.2) is 4.98 Å². The normalized spacial score (nSPS) is 20.7. The highest BCUT2D eigenvalue weighted by molar-refractivity contribution is 5.91. The van der Waals surface area contributed by atoms with Crippen LogP contribution < -0.4 is 4.90 Å². The minimum atomic E-state index is 0.609. The first-order chi connectivity index (χ1) is 10.4. The van der Waals surface area contributed by atoms with Crippen molar-refractivity contribution in [2.75, 3.05) is 44.3 Å². The number of para-hydroxylation sites is 1. The maximum absolute atomic E-state index is 11.0. The Kier molecular flexibility index (Phi) is 3.12. The first-order valence-corrected chi connectivity index (χ1v) is 7.34.